The molecule has 2 aromatic rings. The van der Waals surface area contributed by atoms with Gasteiger partial charge in [0.1, 0.15) is 0 Å². The predicted octanol–water partition coefficient (Wildman–Crippen LogP) is 2.26. The van der Waals surface area contributed by atoms with Crippen LogP contribution < -0.4 is 5.73 Å². The summed E-state index contributed by atoms with van der Waals surface area (Å²) in [6.07, 6.45) is 0. The molecule has 0 bridgehead atoms. The summed E-state index contributed by atoms with van der Waals surface area (Å²) < 4.78 is 1.08. The maximum atomic E-state index is 8.95. The van der Waals surface area contributed by atoms with E-state index in [1.54, 1.807) is 11.3 Å². The number of hydrogen-bond donors (Lipinski definition) is 3. The van der Waals surface area contributed by atoms with Crippen LogP contribution in [-0.2, 0) is 6.61 Å². The van der Waals surface area contributed by atoms with Crippen LogP contribution in [0.2, 0.25) is 0 Å². The number of hydrogen-bond acceptors (Lipinski definition) is 4. The van der Waals surface area contributed by atoms with Crippen LogP contribution in [0.1, 0.15) is 4.88 Å². The Kier molecular flexibility index (Phi) is 2.19. The molecule has 0 amide bonds. The first kappa shape index (κ1) is 8.87. The van der Waals surface area contributed by atoms with Crippen molar-refractivity contribution in [1.82, 2.24) is 0 Å². The Morgan fingerprint density at radius 3 is 2.85 bits per heavy atom. The molecule has 68 valence electrons. The van der Waals surface area contributed by atoms with Crippen molar-refractivity contribution in [2.75, 3.05) is 5.73 Å². The summed E-state index contributed by atoms with van der Waals surface area (Å²) in [5.41, 5.74) is 6.52. The molecule has 1 heterocycles. The largest absolute Gasteiger partial charge is 0.398 e. The normalized spacial score (nSPS) is 10.9. The Bertz CT molecular complexity index is 450. The van der Waals surface area contributed by atoms with Crippen molar-refractivity contribution in [3.63, 3.8) is 0 Å². The zero-order valence-electron chi connectivity index (χ0n) is 6.82. The topological polar surface area (TPSA) is 46.2 Å². The molecule has 0 unspecified atom stereocenters. The maximum Gasteiger partial charge on any atom is 0.0774 e. The summed E-state index contributed by atoms with van der Waals surface area (Å²) in [4.78, 5) is 1.79. The van der Waals surface area contributed by atoms with E-state index >= 15 is 0 Å². The smallest absolute Gasteiger partial charge is 0.0774 e. The van der Waals surface area contributed by atoms with Crippen LogP contribution in [-0.4, -0.2) is 5.11 Å². The van der Waals surface area contributed by atoms with E-state index < -0.39 is 0 Å². The van der Waals surface area contributed by atoms with Gasteiger partial charge in [-0.25, -0.2) is 0 Å². The average molecular weight is 211 g/mol. The number of nitrogens with two attached hydrogens (primary N) is 1. The van der Waals surface area contributed by atoms with Crippen LogP contribution in [0.3, 0.4) is 0 Å². The lowest BCUT2D eigenvalue weighted by Gasteiger charge is -1.96. The minimum Gasteiger partial charge on any atom is -0.398 e. The number of aliphatic hydroxyl groups is 1. The lowest BCUT2D eigenvalue weighted by molar-refractivity contribution is 0.285. The molecule has 0 saturated heterocycles. The third-order valence-corrected chi connectivity index (χ3v) is 3.19. The fourth-order valence-corrected chi connectivity index (χ4v) is 2.63. The van der Waals surface area contributed by atoms with Gasteiger partial charge in [0.15, 0.2) is 0 Å². The number of rotatable bonds is 1. The molecule has 4 heteroatoms. The van der Waals surface area contributed by atoms with E-state index in [9.17, 15) is 0 Å². The minimum atomic E-state index is 0.0701. The van der Waals surface area contributed by atoms with E-state index in [-0.39, 0.29) is 6.61 Å². The second-order valence-electron chi connectivity index (χ2n) is 2.82. The van der Waals surface area contributed by atoms with Gasteiger partial charge in [-0.15, -0.1) is 24.0 Å². The molecule has 0 aliphatic rings. The van der Waals surface area contributed by atoms with Crippen LogP contribution in [0, 0.1) is 0 Å². The molecule has 0 radical (unpaired) electrons. The molecule has 0 aliphatic heterocycles. The van der Waals surface area contributed by atoms with Crippen molar-refractivity contribution in [2.45, 2.75) is 11.5 Å². The third-order valence-electron chi connectivity index (χ3n) is 1.86. The van der Waals surface area contributed by atoms with Gasteiger partial charge < -0.3 is 10.8 Å². The Balaban J connectivity index is 2.75. The highest BCUT2D eigenvalue weighted by molar-refractivity contribution is 7.80. The van der Waals surface area contributed by atoms with Crippen LogP contribution in [0.15, 0.2) is 23.1 Å². The molecule has 0 fully saturated rings. The van der Waals surface area contributed by atoms with Crippen molar-refractivity contribution >= 4 is 39.7 Å². The monoisotopic (exact) mass is 211 g/mol. The number of anilines is 1. The highest BCUT2D eigenvalue weighted by atomic mass is 32.1. The predicted molar refractivity (Wildman–Crippen MR) is 59.4 cm³/mol. The standard InChI is InChI=1S/C9H9NOS2/c10-8-1-5(12)2-9-7(8)3-6(4-11)13-9/h1-3,11-12H,4,10H2. The Hall–Kier alpha value is -0.710. The van der Waals surface area contributed by atoms with E-state index in [0.29, 0.717) is 0 Å². The van der Waals surface area contributed by atoms with Crippen molar-refractivity contribution < 1.29 is 5.11 Å². The van der Waals surface area contributed by atoms with E-state index in [2.05, 4.69) is 12.6 Å². The molecule has 0 spiro atoms. The van der Waals surface area contributed by atoms with Crippen molar-refractivity contribution in [3.8, 4) is 0 Å². The van der Waals surface area contributed by atoms with Crippen molar-refractivity contribution in [3.05, 3.63) is 23.1 Å². The molecular weight excluding hydrogens is 202 g/mol. The van der Waals surface area contributed by atoms with E-state index in [4.69, 9.17) is 10.8 Å². The summed E-state index contributed by atoms with van der Waals surface area (Å²) in [6.45, 7) is 0.0701. The average Bonchev–Trinajstić information content (AvgIpc) is 2.47. The molecule has 2 nitrogen and oxygen atoms in total. The highest BCUT2D eigenvalue weighted by Gasteiger charge is 2.04. The van der Waals surface area contributed by atoms with Gasteiger partial charge in [-0.05, 0) is 18.2 Å². The number of thiol groups is 1. The summed E-state index contributed by atoms with van der Waals surface area (Å²) >= 11 is 5.78. The summed E-state index contributed by atoms with van der Waals surface area (Å²) in [6, 6.07) is 5.69. The summed E-state index contributed by atoms with van der Waals surface area (Å²) in [5.74, 6) is 0. The molecule has 1 aromatic heterocycles. The lowest BCUT2D eigenvalue weighted by Crippen LogP contribution is -1.84. The molecule has 0 aliphatic carbocycles. The SMILES string of the molecule is Nc1cc(S)cc2sc(CO)cc12. The van der Waals surface area contributed by atoms with E-state index in [0.717, 1.165) is 25.5 Å². The first-order chi connectivity index (χ1) is 6.20. The molecule has 13 heavy (non-hydrogen) atoms. The van der Waals surface area contributed by atoms with Gasteiger partial charge >= 0.3 is 0 Å². The van der Waals surface area contributed by atoms with Gasteiger partial charge in [-0.3, -0.25) is 0 Å². The summed E-state index contributed by atoms with van der Waals surface area (Å²) in [5, 5.41) is 9.96. The number of fused-ring (bicyclic) bond motifs is 1. The molecule has 0 atom stereocenters. The van der Waals surface area contributed by atoms with Gasteiger partial charge in [0.25, 0.3) is 0 Å². The number of aliphatic hydroxyl groups excluding tert-OH is 1. The maximum absolute atomic E-state index is 8.95. The molecular formula is C9H9NOS2. The van der Waals surface area contributed by atoms with Gasteiger partial charge in [-0.1, -0.05) is 0 Å². The number of nitrogen functional groups attached to an aromatic ring is 1. The summed E-state index contributed by atoms with van der Waals surface area (Å²) in [7, 11) is 0. The van der Waals surface area contributed by atoms with E-state index in [1.165, 1.54) is 0 Å². The second kappa shape index (κ2) is 3.21. The molecule has 3 N–H and O–H groups in total. The van der Waals surface area contributed by atoms with Crippen LogP contribution in [0.25, 0.3) is 10.1 Å². The Morgan fingerprint density at radius 2 is 2.15 bits per heavy atom. The molecule has 1 aromatic carbocycles. The van der Waals surface area contributed by atoms with Crippen LogP contribution >= 0.6 is 24.0 Å². The first-order valence-corrected chi connectivity index (χ1v) is 5.09. The Labute approximate surface area is 85.4 Å². The van der Waals surface area contributed by atoms with Gasteiger partial charge in [0, 0.05) is 25.5 Å². The van der Waals surface area contributed by atoms with Crippen molar-refractivity contribution in [1.29, 1.82) is 0 Å². The number of thiophene rings is 1. The molecule has 0 saturated carbocycles. The lowest BCUT2D eigenvalue weighted by atomic mass is 10.2. The second-order valence-corrected chi connectivity index (χ2v) is 4.50. The van der Waals surface area contributed by atoms with E-state index in [1.807, 2.05) is 18.2 Å². The first-order valence-electron chi connectivity index (χ1n) is 3.82. The van der Waals surface area contributed by atoms with Gasteiger partial charge in [0.05, 0.1) is 6.61 Å². The van der Waals surface area contributed by atoms with Crippen LogP contribution in [0.5, 0.6) is 0 Å². The zero-order valence-corrected chi connectivity index (χ0v) is 8.53. The van der Waals surface area contributed by atoms with Gasteiger partial charge in [0.2, 0.25) is 0 Å². The minimum absolute atomic E-state index is 0.0701. The highest BCUT2D eigenvalue weighted by Crippen LogP contribution is 2.32. The zero-order chi connectivity index (χ0) is 9.42. The number of benzene rings is 1. The Morgan fingerprint density at radius 1 is 1.38 bits per heavy atom. The fraction of sp³-hybridized carbons (Fsp3) is 0.111. The third kappa shape index (κ3) is 1.52. The van der Waals surface area contributed by atoms with Crippen molar-refractivity contribution in [2.24, 2.45) is 0 Å². The molecule has 2 rings (SSSR count). The quantitative estimate of drug-likeness (QED) is 0.500. The van der Waals surface area contributed by atoms with Crippen LogP contribution in [0.4, 0.5) is 5.69 Å². The fourth-order valence-electron chi connectivity index (χ4n) is 1.28. The van der Waals surface area contributed by atoms with Gasteiger partial charge in [-0.2, -0.15) is 0 Å².